The van der Waals surface area contributed by atoms with E-state index >= 15 is 0 Å². The first-order chi connectivity index (χ1) is 11.6. The van der Waals surface area contributed by atoms with Gasteiger partial charge in [0.25, 0.3) is 5.91 Å². The highest BCUT2D eigenvalue weighted by molar-refractivity contribution is 7.09. The van der Waals surface area contributed by atoms with E-state index in [0.29, 0.717) is 23.6 Å². The number of nitrogens with one attached hydrogen (secondary N) is 1. The predicted molar refractivity (Wildman–Crippen MR) is 92.0 cm³/mol. The Hall–Kier alpha value is -2.73. The molecule has 3 aromatic rings. The zero-order chi connectivity index (χ0) is 16.9. The van der Waals surface area contributed by atoms with Crippen LogP contribution in [0.1, 0.15) is 21.1 Å². The Morgan fingerprint density at radius 2 is 2.04 bits per heavy atom. The van der Waals surface area contributed by atoms with Crippen molar-refractivity contribution in [1.29, 1.82) is 0 Å². The molecule has 0 fully saturated rings. The number of amides is 1. The van der Waals surface area contributed by atoms with Gasteiger partial charge in [-0.05, 0) is 49.4 Å². The maximum atomic E-state index is 12.9. The summed E-state index contributed by atoms with van der Waals surface area (Å²) in [5.41, 5.74) is 1.86. The molecule has 2 aromatic carbocycles. The fourth-order valence-electron chi connectivity index (χ4n) is 2.10. The van der Waals surface area contributed by atoms with Gasteiger partial charge in [0.05, 0.1) is 10.7 Å². The lowest BCUT2D eigenvalue weighted by atomic mass is 10.2. The molecule has 0 aliphatic rings. The van der Waals surface area contributed by atoms with Crippen molar-refractivity contribution in [3.63, 3.8) is 0 Å². The summed E-state index contributed by atoms with van der Waals surface area (Å²) in [5, 5.41) is 5.65. The molecule has 0 aliphatic heterocycles. The van der Waals surface area contributed by atoms with E-state index in [2.05, 4.69) is 10.3 Å². The number of carbonyl (C=O) groups is 1. The van der Waals surface area contributed by atoms with E-state index in [-0.39, 0.29) is 11.7 Å². The third-order valence-electron chi connectivity index (χ3n) is 3.25. The minimum absolute atomic E-state index is 0.281. The number of anilines is 1. The van der Waals surface area contributed by atoms with Crippen molar-refractivity contribution in [3.8, 4) is 5.75 Å². The molecular weight excluding hydrogens is 327 g/mol. The molecular formula is C18H15FN2O2S. The Morgan fingerprint density at radius 1 is 1.25 bits per heavy atom. The molecule has 0 saturated heterocycles. The summed E-state index contributed by atoms with van der Waals surface area (Å²) in [6, 6.07) is 12.5. The number of ether oxygens (including phenoxy) is 1. The summed E-state index contributed by atoms with van der Waals surface area (Å²) in [5.74, 6) is -0.0374. The van der Waals surface area contributed by atoms with Gasteiger partial charge in [0.15, 0.2) is 0 Å². The quantitative estimate of drug-likeness (QED) is 0.747. The van der Waals surface area contributed by atoms with Gasteiger partial charge in [0.1, 0.15) is 18.2 Å². The number of hydrogen-bond acceptors (Lipinski definition) is 4. The molecule has 0 radical (unpaired) electrons. The fourth-order valence-corrected chi connectivity index (χ4v) is 2.69. The minimum atomic E-state index is -0.347. The van der Waals surface area contributed by atoms with Gasteiger partial charge >= 0.3 is 0 Å². The van der Waals surface area contributed by atoms with E-state index in [0.717, 1.165) is 10.7 Å². The molecule has 1 N–H and O–H groups in total. The molecule has 1 aromatic heterocycles. The molecule has 0 unspecified atom stereocenters. The van der Waals surface area contributed by atoms with Crippen molar-refractivity contribution in [2.45, 2.75) is 13.5 Å². The van der Waals surface area contributed by atoms with E-state index in [1.165, 1.54) is 24.3 Å². The second-order valence-electron chi connectivity index (χ2n) is 5.14. The summed E-state index contributed by atoms with van der Waals surface area (Å²) in [6.07, 6.45) is 0. The van der Waals surface area contributed by atoms with Gasteiger partial charge in [-0.3, -0.25) is 4.79 Å². The maximum Gasteiger partial charge on any atom is 0.255 e. The van der Waals surface area contributed by atoms with Crippen LogP contribution in [0.25, 0.3) is 0 Å². The van der Waals surface area contributed by atoms with Crippen molar-refractivity contribution < 1.29 is 13.9 Å². The van der Waals surface area contributed by atoms with Crippen LogP contribution in [0, 0.1) is 12.7 Å². The number of thiazole rings is 1. The number of nitrogens with zero attached hydrogens (tertiary/aromatic N) is 1. The summed E-state index contributed by atoms with van der Waals surface area (Å²) in [7, 11) is 0. The Morgan fingerprint density at radius 3 is 2.75 bits per heavy atom. The number of benzene rings is 2. The second-order valence-corrected chi connectivity index (χ2v) is 6.20. The lowest BCUT2D eigenvalue weighted by Gasteiger charge is -2.08. The second kappa shape index (κ2) is 7.23. The highest BCUT2D eigenvalue weighted by Crippen LogP contribution is 2.18. The number of aryl methyl sites for hydroxylation is 1. The first kappa shape index (κ1) is 16.1. The number of hydrogen-bond donors (Lipinski definition) is 1. The average molecular weight is 342 g/mol. The SMILES string of the molecule is Cc1nc(COc2cccc(C(=O)Nc3ccc(F)cc3)c2)cs1. The minimum Gasteiger partial charge on any atom is -0.487 e. The van der Waals surface area contributed by atoms with E-state index in [9.17, 15) is 9.18 Å². The number of aromatic nitrogens is 1. The van der Waals surface area contributed by atoms with Crippen molar-refractivity contribution >= 4 is 22.9 Å². The van der Waals surface area contributed by atoms with Gasteiger partial charge in [-0.15, -0.1) is 11.3 Å². The van der Waals surface area contributed by atoms with Crippen molar-refractivity contribution in [3.05, 3.63) is 76.0 Å². The Balaban J connectivity index is 1.65. The molecule has 0 aliphatic carbocycles. The van der Waals surface area contributed by atoms with E-state index in [1.54, 1.807) is 35.6 Å². The monoisotopic (exact) mass is 342 g/mol. The van der Waals surface area contributed by atoms with E-state index in [1.807, 2.05) is 12.3 Å². The topological polar surface area (TPSA) is 51.2 Å². The first-order valence-electron chi connectivity index (χ1n) is 7.31. The van der Waals surface area contributed by atoms with Crippen molar-refractivity contribution in [2.75, 3.05) is 5.32 Å². The van der Waals surface area contributed by atoms with E-state index < -0.39 is 0 Å². The van der Waals surface area contributed by atoms with Crippen molar-refractivity contribution in [1.82, 2.24) is 4.98 Å². The lowest BCUT2D eigenvalue weighted by molar-refractivity contribution is 0.102. The summed E-state index contributed by atoms with van der Waals surface area (Å²) < 4.78 is 18.6. The highest BCUT2D eigenvalue weighted by Gasteiger charge is 2.08. The number of halogens is 1. The highest BCUT2D eigenvalue weighted by atomic mass is 32.1. The van der Waals surface area contributed by atoms with Crippen LogP contribution in [0.2, 0.25) is 0 Å². The van der Waals surface area contributed by atoms with Crippen LogP contribution in [-0.4, -0.2) is 10.9 Å². The zero-order valence-electron chi connectivity index (χ0n) is 13.0. The van der Waals surface area contributed by atoms with Crippen molar-refractivity contribution in [2.24, 2.45) is 0 Å². The van der Waals surface area contributed by atoms with Crippen LogP contribution >= 0.6 is 11.3 Å². The normalized spacial score (nSPS) is 10.4. The number of carbonyl (C=O) groups excluding carboxylic acids is 1. The largest absolute Gasteiger partial charge is 0.487 e. The summed E-state index contributed by atoms with van der Waals surface area (Å²) in [4.78, 5) is 16.6. The number of rotatable bonds is 5. The van der Waals surface area contributed by atoms with Crippen LogP contribution in [0.5, 0.6) is 5.75 Å². The molecule has 1 amide bonds. The molecule has 0 saturated carbocycles. The Kier molecular flexibility index (Phi) is 4.86. The van der Waals surface area contributed by atoms with Gasteiger partial charge in [-0.25, -0.2) is 9.37 Å². The fraction of sp³-hybridized carbons (Fsp3) is 0.111. The molecule has 3 rings (SSSR count). The third-order valence-corrected chi connectivity index (χ3v) is 4.07. The summed E-state index contributed by atoms with van der Waals surface area (Å²) >= 11 is 1.57. The standard InChI is InChI=1S/C18H15FN2O2S/c1-12-20-16(11-24-12)10-23-17-4-2-3-13(9-17)18(22)21-15-7-5-14(19)6-8-15/h2-9,11H,10H2,1H3,(H,21,22). The average Bonchev–Trinajstić information content (AvgIpc) is 3.01. The molecule has 122 valence electrons. The molecule has 6 heteroatoms. The molecule has 0 atom stereocenters. The zero-order valence-corrected chi connectivity index (χ0v) is 13.8. The molecule has 24 heavy (non-hydrogen) atoms. The molecule has 4 nitrogen and oxygen atoms in total. The first-order valence-corrected chi connectivity index (χ1v) is 8.19. The van der Waals surface area contributed by atoms with Crippen LogP contribution < -0.4 is 10.1 Å². The lowest BCUT2D eigenvalue weighted by Crippen LogP contribution is -2.12. The van der Waals surface area contributed by atoms with Gasteiger partial charge in [0.2, 0.25) is 0 Å². The van der Waals surface area contributed by atoms with Crippen LogP contribution in [0.15, 0.2) is 53.9 Å². The van der Waals surface area contributed by atoms with Crippen LogP contribution in [0.3, 0.4) is 0 Å². The Bertz CT molecular complexity index is 846. The molecule has 1 heterocycles. The van der Waals surface area contributed by atoms with Crippen LogP contribution in [-0.2, 0) is 6.61 Å². The molecule has 0 bridgehead atoms. The smallest absolute Gasteiger partial charge is 0.255 e. The van der Waals surface area contributed by atoms with E-state index in [4.69, 9.17) is 4.74 Å². The summed E-state index contributed by atoms with van der Waals surface area (Å²) in [6.45, 7) is 2.29. The van der Waals surface area contributed by atoms with Gasteiger partial charge in [-0.2, -0.15) is 0 Å². The van der Waals surface area contributed by atoms with Gasteiger partial charge in [-0.1, -0.05) is 6.07 Å². The third kappa shape index (κ3) is 4.17. The Labute approximate surface area is 142 Å². The predicted octanol–water partition coefficient (Wildman–Crippen LogP) is 4.42. The van der Waals surface area contributed by atoms with Crippen LogP contribution in [0.4, 0.5) is 10.1 Å². The van der Waals surface area contributed by atoms with Gasteiger partial charge < -0.3 is 10.1 Å². The maximum absolute atomic E-state index is 12.9. The molecule has 0 spiro atoms. The van der Waals surface area contributed by atoms with Gasteiger partial charge in [0, 0.05) is 16.6 Å².